The summed E-state index contributed by atoms with van der Waals surface area (Å²) in [6, 6.07) is 8.62. The van der Waals surface area contributed by atoms with Gasteiger partial charge in [0.1, 0.15) is 11.9 Å². The summed E-state index contributed by atoms with van der Waals surface area (Å²) in [4.78, 5) is 12.1. The Morgan fingerprint density at radius 1 is 1.31 bits per heavy atom. The maximum Gasteiger partial charge on any atom is 0.435 e. The van der Waals surface area contributed by atoms with Gasteiger partial charge in [0.15, 0.2) is 5.69 Å². The molecule has 2 aromatic rings. The topological polar surface area (TPSA) is 88.3 Å². The summed E-state index contributed by atoms with van der Waals surface area (Å²) in [7, 11) is 1.61. The predicted molar refractivity (Wildman–Crippen MR) is 98.7 cm³/mol. The van der Waals surface area contributed by atoms with Gasteiger partial charge in [-0.1, -0.05) is 12.1 Å². The van der Waals surface area contributed by atoms with Crippen LogP contribution in [0.4, 0.5) is 18.0 Å². The second-order valence-electron chi connectivity index (χ2n) is 6.80. The molecule has 29 heavy (non-hydrogen) atoms. The smallest absolute Gasteiger partial charge is 0.435 e. The Morgan fingerprint density at radius 2 is 2.07 bits per heavy atom. The SMILES string of the molecule is COc1ccc(C[C@H]2NCC[C@H]2OC(=O)NCCc2cc(C(F)(F)F)n[nH]2)cc1. The van der Waals surface area contributed by atoms with Gasteiger partial charge in [-0.05, 0) is 43.1 Å². The van der Waals surface area contributed by atoms with Crippen LogP contribution in [0.5, 0.6) is 5.75 Å². The van der Waals surface area contributed by atoms with Crippen molar-refractivity contribution in [1.82, 2.24) is 20.8 Å². The summed E-state index contributed by atoms with van der Waals surface area (Å²) < 4.78 is 48.2. The molecule has 0 radical (unpaired) electrons. The van der Waals surface area contributed by atoms with Crippen molar-refractivity contribution >= 4 is 6.09 Å². The van der Waals surface area contributed by atoms with Gasteiger partial charge in [-0.25, -0.2) is 4.79 Å². The van der Waals surface area contributed by atoms with E-state index in [0.717, 1.165) is 23.9 Å². The van der Waals surface area contributed by atoms with Crippen molar-refractivity contribution in [2.75, 3.05) is 20.2 Å². The number of aromatic nitrogens is 2. The number of benzene rings is 1. The van der Waals surface area contributed by atoms with Crippen LogP contribution in [0.25, 0.3) is 0 Å². The molecule has 1 fully saturated rings. The third kappa shape index (κ3) is 5.86. The van der Waals surface area contributed by atoms with E-state index in [4.69, 9.17) is 9.47 Å². The minimum Gasteiger partial charge on any atom is -0.497 e. The number of methoxy groups -OCH3 is 1. The van der Waals surface area contributed by atoms with Gasteiger partial charge in [-0.15, -0.1) is 0 Å². The largest absolute Gasteiger partial charge is 0.497 e. The fraction of sp³-hybridized carbons (Fsp3) is 0.474. The van der Waals surface area contributed by atoms with Crippen molar-refractivity contribution in [3.05, 3.63) is 47.3 Å². The van der Waals surface area contributed by atoms with Crippen LogP contribution in [0, 0.1) is 0 Å². The monoisotopic (exact) mass is 412 g/mol. The average Bonchev–Trinajstić information content (AvgIpc) is 3.32. The number of ether oxygens (including phenoxy) is 2. The number of hydrogen-bond acceptors (Lipinski definition) is 5. The van der Waals surface area contributed by atoms with Crippen LogP contribution >= 0.6 is 0 Å². The molecule has 2 heterocycles. The van der Waals surface area contributed by atoms with Gasteiger partial charge in [0, 0.05) is 24.7 Å². The second kappa shape index (κ2) is 9.17. The number of alkyl carbamates (subject to hydrolysis) is 1. The maximum absolute atomic E-state index is 12.5. The van der Waals surface area contributed by atoms with E-state index in [-0.39, 0.29) is 30.8 Å². The first-order valence-electron chi connectivity index (χ1n) is 9.27. The Kier molecular flexibility index (Phi) is 6.63. The van der Waals surface area contributed by atoms with E-state index in [1.54, 1.807) is 7.11 Å². The summed E-state index contributed by atoms with van der Waals surface area (Å²) in [5, 5.41) is 11.4. The van der Waals surface area contributed by atoms with Gasteiger partial charge in [0.05, 0.1) is 7.11 Å². The molecule has 1 amide bonds. The Labute approximate surface area is 166 Å². The molecule has 1 aliphatic rings. The first-order valence-corrected chi connectivity index (χ1v) is 9.27. The minimum absolute atomic E-state index is 0.00362. The Bertz CT molecular complexity index is 808. The highest BCUT2D eigenvalue weighted by Crippen LogP contribution is 2.27. The van der Waals surface area contributed by atoms with Crippen LogP contribution in [0.1, 0.15) is 23.4 Å². The maximum atomic E-state index is 12.5. The number of carbonyl (C=O) groups excluding carboxylic acids is 1. The van der Waals surface area contributed by atoms with Crippen LogP contribution in [0.2, 0.25) is 0 Å². The highest BCUT2D eigenvalue weighted by molar-refractivity contribution is 5.67. The average molecular weight is 412 g/mol. The van der Waals surface area contributed by atoms with Gasteiger partial charge >= 0.3 is 12.3 Å². The number of nitrogens with one attached hydrogen (secondary N) is 3. The molecule has 7 nitrogen and oxygen atoms in total. The van der Waals surface area contributed by atoms with Gasteiger partial charge < -0.3 is 20.1 Å². The molecule has 1 aliphatic heterocycles. The van der Waals surface area contributed by atoms with E-state index in [2.05, 4.69) is 20.8 Å². The highest BCUT2D eigenvalue weighted by atomic mass is 19.4. The molecule has 158 valence electrons. The third-order valence-corrected chi connectivity index (χ3v) is 4.74. The lowest BCUT2D eigenvalue weighted by Crippen LogP contribution is -2.38. The number of amides is 1. The van der Waals surface area contributed by atoms with E-state index >= 15 is 0 Å². The lowest BCUT2D eigenvalue weighted by atomic mass is 10.0. The molecule has 0 saturated carbocycles. The molecular weight excluding hydrogens is 389 g/mol. The molecule has 0 aliphatic carbocycles. The van der Waals surface area contributed by atoms with Crippen molar-refractivity contribution in [2.24, 2.45) is 0 Å². The van der Waals surface area contributed by atoms with Crippen molar-refractivity contribution in [3.8, 4) is 5.75 Å². The minimum atomic E-state index is -4.49. The molecule has 0 bridgehead atoms. The van der Waals surface area contributed by atoms with E-state index in [0.29, 0.717) is 12.8 Å². The Hall–Kier alpha value is -2.75. The van der Waals surface area contributed by atoms with Crippen LogP contribution in [0.15, 0.2) is 30.3 Å². The summed E-state index contributed by atoms with van der Waals surface area (Å²) in [5.74, 6) is 0.778. The number of rotatable bonds is 7. The summed E-state index contributed by atoms with van der Waals surface area (Å²) in [5.41, 5.74) is 0.407. The zero-order valence-corrected chi connectivity index (χ0v) is 15.9. The van der Waals surface area contributed by atoms with Crippen molar-refractivity contribution in [3.63, 3.8) is 0 Å². The number of halogens is 3. The number of alkyl halides is 3. The van der Waals surface area contributed by atoms with E-state index in [1.807, 2.05) is 24.3 Å². The van der Waals surface area contributed by atoms with E-state index in [1.165, 1.54) is 0 Å². The van der Waals surface area contributed by atoms with Gasteiger partial charge in [-0.3, -0.25) is 5.10 Å². The second-order valence-corrected chi connectivity index (χ2v) is 6.80. The summed E-state index contributed by atoms with van der Waals surface area (Å²) >= 11 is 0. The van der Waals surface area contributed by atoms with Crippen molar-refractivity contribution in [2.45, 2.75) is 37.6 Å². The number of nitrogens with zero attached hydrogens (tertiary/aromatic N) is 1. The van der Waals surface area contributed by atoms with Gasteiger partial charge in [0.25, 0.3) is 0 Å². The van der Waals surface area contributed by atoms with Crippen LogP contribution in [0.3, 0.4) is 0 Å². The highest BCUT2D eigenvalue weighted by Gasteiger charge is 2.34. The number of aromatic amines is 1. The first kappa shape index (κ1) is 21.0. The predicted octanol–water partition coefficient (Wildman–Crippen LogP) is 2.68. The fourth-order valence-electron chi connectivity index (χ4n) is 3.22. The molecule has 3 N–H and O–H groups in total. The molecule has 1 saturated heterocycles. The fourth-order valence-corrected chi connectivity index (χ4v) is 3.22. The van der Waals surface area contributed by atoms with E-state index in [9.17, 15) is 18.0 Å². The number of hydrogen-bond donors (Lipinski definition) is 3. The first-order chi connectivity index (χ1) is 13.8. The molecule has 2 atom stereocenters. The molecule has 10 heteroatoms. The van der Waals surface area contributed by atoms with Gasteiger partial charge in [0.2, 0.25) is 0 Å². The molecule has 3 rings (SSSR count). The lowest BCUT2D eigenvalue weighted by molar-refractivity contribution is -0.141. The quantitative estimate of drug-likeness (QED) is 0.651. The molecule has 1 aromatic carbocycles. The summed E-state index contributed by atoms with van der Waals surface area (Å²) in [6.45, 7) is 0.884. The molecule has 0 unspecified atom stereocenters. The zero-order valence-electron chi connectivity index (χ0n) is 15.9. The van der Waals surface area contributed by atoms with Crippen molar-refractivity contribution < 1.29 is 27.4 Å². The van der Waals surface area contributed by atoms with Gasteiger partial charge in [-0.2, -0.15) is 18.3 Å². The third-order valence-electron chi connectivity index (χ3n) is 4.74. The molecule has 0 spiro atoms. The standard InChI is InChI=1S/C19H23F3N4O3/c1-28-14-4-2-12(3-5-14)10-15-16(7-9-23-15)29-18(27)24-8-6-13-11-17(26-25-13)19(20,21)22/h2-5,11,15-16,23H,6-10H2,1H3,(H,24,27)(H,25,26)/t15-,16-/m1/s1. The van der Waals surface area contributed by atoms with E-state index < -0.39 is 18.0 Å². The van der Waals surface area contributed by atoms with Crippen LogP contribution in [-0.2, 0) is 23.8 Å². The normalized spacial score (nSPS) is 19.2. The lowest BCUT2D eigenvalue weighted by Gasteiger charge is -2.20. The zero-order chi connectivity index (χ0) is 20.9. The number of H-pyrrole nitrogens is 1. The summed E-state index contributed by atoms with van der Waals surface area (Å²) in [6.07, 6.45) is -3.76. The van der Waals surface area contributed by atoms with Crippen molar-refractivity contribution in [1.29, 1.82) is 0 Å². The number of carbonyl (C=O) groups is 1. The Balaban J connectivity index is 1.43. The van der Waals surface area contributed by atoms with Crippen LogP contribution < -0.4 is 15.4 Å². The molecule has 1 aromatic heterocycles. The Morgan fingerprint density at radius 3 is 2.72 bits per heavy atom. The van der Waals surface area contributed by atoms with Crippen LogP contribution in [-0.4, -0.2) is 48.6 Å². The molecular formula is C19H23F3N4O3.